The number of hydrogen-bond donors (Lipinski definition) is 2. The van der Waals surface area contributed by atoms with Gasteiger partial charge in [0.25, 0.3) is 0 Å². The van der Waals surface area contributed by atoms with E-state index >= 15 is 0 Å². The van der Waals surface area contributed by atoms with Crippen molar-refractivity contribution in [1.29, 1.82) is 0 Å². The van der Waals surface area contributed by atoms with Crippen LogP contribution in [-0.4, -0.2) is 61.1 Å². The molecule has 0 aromatic carbocycles. The Morgan fingerprint density at radius 2 is 1.92 bits per heavy atom. The third kappa shape index (κ3) is 5.51. The van der Waals surface area contributed by atoms with Crippen molar-refractivity contribution in [3.63, 3.8) is 0 Å². The standard InChI is InChI=1S/C29H39N7O2S/c1-17-8-10-36(11-9-17)20-4-6-21(7-5-20)38-15-19-16-39-23(32-19)12-22(37)26-24-27(35-34-26)25-18(13-29(24,2)3)14-31-28(30)33-25/h14,16-17,20-21H,4-13,15H2,1-3H3,(H,34,35)(H2,30,31,33). The van der Waals surface area contributed by atoms with Gasteiger partial charge in [-0.15, -0.1) is 11.3 Å². The number of ketones is 1. The van der Waals surface area contributed by atoms with E-state index in [0.29, 0.717) is 36.2 Å². The van der Waals surface area contributed by atoms with Gasteiger partial charge in [-0.05, 0) is 74.9 Å². The van der Waals surface area contributed by atoms with Gasteiger partial charge in [-0.1, -0.05) is 20.8 Å². The number of nitrogens with zero attached hydrogens (tertiary/aromatic N) is 5. The summed E-state index contributed by atoms with van der Waals surface area (Å²) >= 11 is 1.52. The van der Waals surface area contributed by atoms with E-state index in [1.54, 1.807) is 6.20 Å². The Bertz CT molecular complexity index is 1330. The number of aromatic amines is 1. The minimum atomic E-state index is -0.285. The molecule has 0 amide bonds. The molecule has 0 atom stereocenters. The summed E-state index contributed by atoms with van der Waals surface area (Å²) in [6.07, 6.45) is 10.4. The number of anilines is 1. The Labute approximate surface area is 234 Å². The number of hydrogen-bond acceptors (Lipinski definition) is 9. The van der Waals surface area contributed by atoms with Crippen molar-refractivity contribution in [2.45, 2.75) is 96.3 Å². The molecule has 0 bridgehead atoms. The van der Waals surface area contributed by atoms with E-state index in [0.717, 1.165) is 46.6 Å². The third-order valence-corrected chi connectivity index (χ3v) is 9.72. The minimum absolute atomic E-state index is 0.0189. The molecular weight excluding hydrogens is 510 g/mol. The largest absolute Gasteiger partial charge is 0.372 e. The van der Waals surface area contributed by atoms with Crippen LogP contribution >= 0.6 is 11.3 Å². The molecule has 3 aliphatic rings. The molecule has 208 valence electrons. The number of thiazole rings is 1. The number of rotatable bonds is 7. The van der Waals surface area contributed by atoms with Gasteiger partial charge in [-0.2, -0.15) is 5.10 Å². The summed E-state index contributed by atoms with van der Waals surface area (Å²) in [6, 6.07) is 0.728. The smallest absolute Gasteiger partial charge is 0.220 e. The Hall–Kier alpha value is -2.69. The van der Waals surface area contributed by atoms with Crippen molar-refractivity contribution < 1.29 is 9.53 Å². The van der Waals surface area contributed by atoms with Crippen LogP contribution in [0.2, 0.25) is 0 Å². The molecule has 10 heteroatoms. The van der Waals surface area contributed by atoms with Crippen LogP contribution in [0.15, 0.2) is 11.6 Å². The molecule has 6 rings (SSSR count). The van der Waals surface area contributed by atoms with E-state index < -0.39 is 0 Å². The van der Waals surface area contributed by atoms with E-state index in [9.17, 15) is 4.79 Å². The van der Waals surface area contributed by atoms with Crippen molar-refractivity contribution >= 4 is 23.1 Å². The molecule has 1 aliphatic heterocycles. The quantitative estimate of drug-likeness (QED) is 0.406. The van der Waals surface area contributed by atoms with Crippen molar-refractivity contribution in [3.8, 4) is 11.4 Å². The number of carbonyl (C=O) groups is 1. The van der Waals surface area contributed by atoms with Gasteiger partial charge in [-0.3, -0.25) is 9.89 Å². The predicted octanol–water partition coefficient (Wildman–Crippen LogP) is 4.72. The lowest BCUT2D eigenvalue weighted by Crippen LogP contribution is -2.43. The Kier molecular flexibility index (Phi) is 7.28. The first-order valence-electron chi connectivity index (χ1n) is 14.3. The van der Waals surface area contributed by atoms with Crippen molar-refractivity contribution in [2.24, 2.45) is 5.92 Å². The normalized spacial score (nSPS) is 23.4. The van der Waals surface area contributed by atoms with Gasteiger partial charge in [0, 0.05) is 23.2 Å². The topological polar surface area (TPSA) is 123 Å². The van der Waals surface area contributed by atoms with Crippen LogP contribution in [0.3, 0.4) is 0 Å². The molecule has 4 heterocycles. The molecule has 0 radical (unpaired) electrons. The van der Waals surface area contributed by atoms with Crippen molar-refractivity contribution in [3.05, 3.63) is 39.1 Å². The second-order valence-electron chi connectivity index (χ2n) is 12.3. The van der Waals surface area contributed by atoms with Crippen LogP contribution in [-0.2, 0) is 29.6 Å². The number of H-pyrrole nitrogens is 1. The second-order valence-corrected chi connectivity index (χ2v) is 13.2. The monoisotopic (exact) mass is 549 g/mol. The maximum absolute atomic E-state index is 13.4. The Morgan fingerprint density at radius 3 is 2.69 bits per heavy atom. The fraction of sp³-hybridized carbons (Fsp3) is 0.621. The van der Waals surface area contributed by atoms with Gasteiger partial charge in [0.1, 0.15) is 16.4 Å². The maximum atomic E-state index is 13.4. The van der Waals surface area contributed by atoms with Gasteiger partial charge < -0.3 is 15.4 Å². The predicted molar refractivity (Wildman–Crippen MR) is 152 cm³/mol. The SMILES string of the molecule is CC1CCN(C2CCC(OCc3csc(CC(=O)c4[nH]nc5c4C(C)(C)Cc4cnc(N)nc4-5)n3)CC2)CC1. The Morgan fingerprint density at radius 1 is 1.15 bits per heavy atom. The summed E-state index contributed by atoms with van der Waals surface area (Å²) in [4.78, 5) is 29.4. The highest BCUT2D eigenvalue weighted by Gasteiger charge is 2.38. The third-order valence-electron chi connectivity index (χ3n) is 8.82. The zero-order valence-corrected chi connectivity index (χ0v) is 24.0. The summed E-state index contributed by atoms with van der Waals surface area (Å²) in [6.45, 7) is 9.64. The van der Waals surface area contributed by atoms with Gasteiger partial charge in [0.05, 0.1) is 30.5 Å². The van der Waals surface area contributed by atoms with E-state index in [4.69, 9.17) is 15.5 Å². The molecular formula is C29H39N7O2S. The summed E-state index contributed by atoms with van der Waals surface area (Å²) in [5.41, 5.74) is 10.3. The van der Waals surface area contributed by atoms with Gasteiger partial charge >= 0.3 is 0 Å². The zero-order valence-electron chi connectivity index (χ0n) is 23.2. The van der Waals surface area contributed by atoms with Crippen LogP contribution in [0.1, 0.15) is 91.6 Å². The lowest BCUT2D eigenvalue weighted by molar-refractivity contribution is -0.00762. The van der Waals surface area contributed by atoms with Gasteiger partial charge in [-0.25, -0.2) is 15.0 Å². The van der Waals surface area contributed by atoms with Crippen molar-refractivity contribution in [1.82, 2.24) is 30.0 Å². The van der Waals surface area contributed by atoms with E-state index in [1.165, 1.54) is 50.1 Å². The highest BCUT2D eigenvalue weighted by atomic mass is 32.1. The number of likely N-dealkylation sites (tertiary alicyclic amines) is 1. The first-order chi connectivity index (χ1) is 18.8. The van der Waals surface area contributed by atoms with Crippen LogP contribution in [0.25, 0.3) is 11.4 Å². The van der Waals surface area contributed by atoms with Gasteiger partial charge in [0.2, 0.25) is 5.95 Å². The van der Waals surface area contributed by atoms with E-state index in [1.807, 2.05) is 5.38 Å². The molecule has 1 saturated carbocycles. The Balaban J connectivity index is 1.05. The first-order valence-corrected chi connectivity index (χ1v) is 15.2. The molecule has 39 heavy (non-hydrogen) atoms. The average Bonchev–Trinajstić information content (AvgIpc) is 3.57. The molecule has 0 spiro atoms. The molecule has 3 aromatic heterocycles. The highest BCUT2D eigenvalue weighted by molar-refractivity contribution is 7.09. The lowest BCUT2D eigenvalue weighted by atomic mass is 9.73. The van der Waals surface area contributed by atoms with Crippen LogP contribution in [0, 0.1) is 5.92 Å². The number of ether oxygens (including phenoxy) is 1. The number of nitrogen functional groups attached to an aromatic ring is 1. The molecule has 0 unspecified atom stereocenters. The number of aromatic nitrogens is 5. The zero-order chi connectivity index (χ0) is 27.1. The van der Waals surface area contributed by atoms with Crippen LogP contribution < -0.4 is 5.73 Å². The molecule has 3 N–H and O–H groups in total. The fourth-order valence-electron chi connectivity index (χ4n) is 6.59. The second kappa shape index (κ2) is 10.7. The molecule has 2 aliphatic carbocycles. The average molecular weight is 550 g/mol. The number of fused-ring (bicyclic) bond motifs is 3. The fourth-order valence-corrected chi connectivity index (χ4v) is 7.37. The van der Waals surface area contributed by atoms with Crippen molar-refractivity contribution in [2.75, 3.05) is 18.8 Å². The summed E-state index contributed by atoms with van der Waals surface area (Å²) in [5, 5.41) is 10.3. The van der Waals surface area contributed by atoms with Crippen LogP contribution in [0.4, 0.5) is 5.95 Å². The summed E-state index contributed by atoms with van der Waals surface area (Å²) in [5.74, 6) is 1.07. The van der Waals surface area contributed by atoms with Gasteiger partial charge in [0.15, 0.2) is 5.78 Å². The van der Waals surface area contributed by atoms with E-state index in [2.05, 4.69) is 45.8 Å². The molecule has 1 saturated heterocycles. The summed E-state index contributed by atoms with van der Waals surface area (Å²) < 4.78 is 6.26. The first kappa shape index (κ1) is 26.5. The number of Topliss-reactive ketones (excluding diaryl/α,β-unsaturated/α-hetero) is 1. The number of nitrogens with one attached hydrogen (secondary N) is 1. The molecule has 9 nitrogen and oxygen atoms in total. The highest BCUT2D eigenvalue weighted by Crippen LogP contribution is 2.43. The molecule has 3 aromatic rings. The summed E-state index contributed by atoms with van der Waals surface area (Å²) in [7, 11) is 0. The number of piperidine rings is 1. The van der Waals surface area contributed by atoms with E-state index in [-0.39, 0.29) is 23.6 Å². The number of nitrogens with two attached hydrogens (primary N) is 1. The van der Waals surface area contributed by atoms with Crippen LogP contribution in [0.5, 0.6) is 0 Å². The molecule has 2 fully saturated rings. The minimum Gasteiger partial charge on any atom is -0.372 e. The number of carbonyl (C=O) groups excluding carboxylic acids is 1. The lowest BCUT2D eigenvalue weighted by Gasteiger charge is -2.40. The maximum Gasteiger partial charge on any atom is 0.220 e.